The number of nitrogens with one attached hydrogen (secondary N) is 2. The Hall–Kier alpha value is -2.82. The number of benzene rings is 2. The zero-order chi connectivity index (χ0) is 15.9. The lowest BCUT2D eigenvalue weighted by Gasteiger charge is -2.07. The van der Waals surface area contributed by atoms with Crippen LogP contribution in [0.5, 0.6) is 0 Å². The van der Waals surface area contributed by atoms with Gasteiger partial charge in [-0.3, -0.25) is 4.79 Å². The zero-order valence-corrected chi connectivity index (χ0v) is 12.3. The molecule has 2 aromatic carbocycles. The Morgan fingerprint density at radius 1 is 1.00 bits per heavy atom. The van der Waals surface area contributed by atoms with Crippen LogP contribution < -0.4 is 10.6 Å². The Balaban J connectivity index is 2.16. The summed E-state index contributed by atoms with van der Waals surface area (Å²) in [5.74, 6) is -0.0911. The van der Waals surface area contributed by atoms with Crippen LogP contribution in [0.25, 0.3) is 11.1 Å². The average molecular weight is 298 g/mol. The number of carboxylic acid groups (broad SMARTS) is 1. The first-order valence-corrected chi connectivity index (χ1v) is 7.04. The van der Waals surface area contributed by atoms with E-state index in [0.29, 0.717) is 12.1 Å². The van der Waals surface area contributed by atoms with Gasteiger partial charge in [-0.1, -0.05) is 36.4 Å². The number of rotatable bonds is 5. The highest BCUT2D eigenvalue weighted by molar-refractivity contribution is 5.95. The van der Waals surface area contributed by atoms with Gasteiger partial charge in [0, 0.05) is 18.7 Å². The van der Waals surface area contributed by atoms with Gasteiger partial charge in [0.15, 0.2) is 0 Å². The van der Waals surface area contributed by atoms with Crippen molar-refractivity contribution in [2.24, 2.45) is 0 Å². The molecule has 0 radical (unpaired) electrons. The van der Waals surface area contributed by atoms with Gasteiger partial charge < -0.3 is 15.7 Å². The molecule has 2 rings (SSSR count). The van der Waals surface area contributed by atoms with Crippen LogP contribution in [0.2, 0.25) is 0 Å². The van der Waals surface area contributed by atoms with E-state index in [1.165, 1.54) is 0 Å². The lowest BCUT2D eigenvalue weighted by molar-refractivity contribution is 0.0956. The molecule has 22 heavy (non-hydrogen) atoms. The molecule has 3 N–H and O–H groups in total. The molecule has 0 bridgehead atoms. The molecule has 0 aliphatic heterocycles. The van der Waals surface area contributed by atoms with Crippen molar-refractivity contribution in [3.05, 3.63) is 59.7 Å². The Bertz CT molecular complexity index is 666. The van der Waals surface area contributed by atoms with Crippen LogP contribution in [-0.2, 0) is 6.54 Å². The fourth-order valence-corrected chi connectivity index (χ4v) is 2.10. The second-order valence-corrected chi connectivity index (χ2v) is 4.80. The van der Waals surface area contributed by atoms with Crippen molar-refractivity contribution in [2.45, 2.75) is 13.5 Å². The van der Waals surface area contributed by atoms with E-state index in [0.717, 1.165) is 16.7 Å². The summed E-state index contributed by atoms with van der Waals surface area (Å²) in [5.41, 5.74) is 3.42. The van der Waals surface area contributed by atoms with Crippen LogP contribution in [-0.4, -0.2) is 23.7 Å². The first-order chi connectivity index (χ1) is 10.6. The van der Waals surface area contributed by atoms with Crippen molar-refractivity contribution in [1.82, 2.24) is 10.6 Å². The van der Waals surface area contributed by atoms with Crippen molar-refractivity contribution in [2.75, 3.05) is 6.54 Å². The zero-order valence-electron chi connectivity index (χ0n) is 12.3. The molecule has 0 saturated heterocycles. The summed E-state index contributed by atoms with van der Waals surface area (Å²) in [4.78, 5) is 22.3. The molecule has 0 unspecified atom stereocenters. The van der Waals surface area contributed by atoms with E-state index in [1.54, 1.807) is 6.07 Å². The molecular formula is C17H18N2O3. The third-order valence-electron chi connectivity index (χ3n) is 3.19. The SMILES string of the molecule is CCNC(=O)c1cccc(-c2ccc(CNC(=O)O)cc2)c1. The molecule has 0 spiro atoms. The summed E-state index contributed by atoms with van der Waals surface area (Å²) >= 11 is 0. The van der Waals surface area contributed by atoms with Gasteiger partial charge in [-0.15, -0.1) is 0 Å². The molecule has 0 aliphatic carbocycles. The second kappa shape index (κ2) is 7.26. The molecule has 0 aliphatic rings. The first kappa shape index (κ1) is 15.6. The van der Waals surface area contributed by atoms with Crippen molar-refractivity contribution < 1.29 is 14.7 Å². The predicted octanol–water partition coefficient (Wildman–Crippen LogP) is 2.87. The lowest BCUT2D eigenvalue weighted by atomic mass is 10.0. The van der Waals surface area contributed by atoms with Crippen LogP contribution in [0.3, 0.4) is 0 Å². The molecule has 0 aromatic heterocycles. The van der Waals surface area contributed by atoms with Crippen LogP contribution in [0.15, 0.2) is 48.5 Å². The standard InChI is InChI=1S/C17H18N2O3/c1-2-18-16(20)15-5-3-4-14(10-15)13-8-6-12(7-9-13)11-19-17(21)22/h3-10,19H,2,11H2,1H3,(H,18,20)(H,21,22). The van der Waals surface area contributed by atoms with Crippen molar-refractivity contribution >= 4 is 12.0 Å². The molecule has 2 aromatic rings. The summed E-state index contributed by atoms with van der Waals surface area (Å²) in [5, 5.41) is 13.7. The highest BCUT2D eigenvalue weighted by atomic mass is 16.4. The minimum absolute atomic E-state index is 0.0911. The molecular weight excluding hydrogens is 280 g/mol. The topological polar surface area (TPSA) is 78.4 Å². The monoisotopic (exact) mass is 298 g/mol. The highest BCUT2D eigenvalue weighted by Crippen LogP contribution is 2.21. The normalized spacial score (nSPS) is 10.0. The van der Waals surface area contributed by atoms with Gasteiger partial charge in [0.05, 0.1) is 0 Å². The summed E-state index contributed by atoms with van der Waals surface area (Å²) in [6.07, 6.45) is -1.04. The number of hydrogen-bond acceptors (Lipinski definition) is 2. The van der Waals surface area contributed by atoms with E-state index in [-0.39, 0.29) is 12.5 Å². The molecule has 2 amide bonds. The van der Waals surface area contributed by atoms with Gasteiger partial charge in [0.1, 0.15) is 0 Å². The van der Waals surface area contributed by atoms with Crippen LogP contribution in [0.4, 0.5) is 4.79 Å². The predicted molar refractivity (Wildman–Crippen MR) is 84.7 cm³/mol. The van der Waals surface area contributed by atoms with Gasteiger partial charge in [-0.2, -0.15) is 0 Å². The van der Waals surface area contributed by atoms with E-state index < -0.39 is 6.09 Å². The van der Waals surface area contributed by atoms with Gasteiger partial charge in [0.25, 0.3) is 5.91 Å². The van der Waals surface area contributed by atoms with Gasteiger partial charge >= 0.3 is 6.09 Å². The quantitative estimate of drug-likeness (QED) is 0.794. The third-order valence-corrected chi connectivity index (χ3v) is 3.19. The summed E-state index contributed by atoms with van der Waals surface area (Å²) in [6, 6.07) is 15.0. The van der Waals surface area contributed by atoms with Crippen LogP contribution >= 0.6 is 0 Å². The van der Waals surface area contributed by atoms with E-state index in [2.05, 4.69) is 10.6 Å². The van der Waals surface area contributed by atoms with Crippen molar-refractivity contribution in [3.8, 4) is 11.1 Å². The maximum atomic E-state index is 11.9. The Morgan fingerprint density at radius 2 is 1.73 bits per heavy atom. The first-order valence-electron chi connectivity index (χ1n) is 7.04. The number of amides is 2. The Morgan fingerprint density at radius 3 is 2.36 bits per heavy atom. The van der Waals surface area contributed by atoms with Crippen molar-refractivity contribution in [1.29, 1.82) is 0 Å². The van der Waals surface area contributed by atoms with Gasteiger partial charge in [0.2, 0.25) is 0 Å². The van der Waals surface area contributed by atoms with Crippen LogP contribution in [0, 0.1) is 0 Å². The average Bonchev–Trinajstić information content (AvgIpc) is 2.54. The third kappa shape index (κ3) is 4.09. The molecule has 0 atom stereocenters. The van der Waals surface area contributed by atoms with Crippen molar-refractivity contribution in [3.63, 3.8) is 0 Å². The fraction of sp³-hybridized carbons (Fsp3) is 0.176. The summed E-state index contributed by atoms with van der Waals surface area (Å²) in [6.45, 7) is 2.74. The highest BCUT2D eigenvalue weighted by Gasteiger charge is 2.06. The maximum Gasteiger partial charge on any atom is 0.404 e. The summed E-state index contributed by atoms with van der Waals surface area (Å²) in [7, 11) is 0. The number of carbonyl (C=O) groups excluding carboxylic acids is 1. The number of hydrogen-bond donors (Lipinski definition) is 3. The lowest BCUT2D eigenvalue weighted by Crippen LogP contribution is -2.22. The second-order valence-electron chi connectivity index (χ2n) is 4.80. The molecule has 0 heterocycles. The maximum absolute atomic E-state index is 11.9. The van der Waals surface area contributed by atoms with Gasteiger partial charge in [-0.05, 0) is 35.7 Å². The molecule has 0 saturated carbocycles. The molecule has 114 valence electrons. The van der Waals surface area contributed by atoms with E-state index in [4.69, 9.17) is 5.11 Å². The minimum Gasteiger partial charge on any atom is -0.465 e. The summed E-state index contributed by atoms with van der Waals surface area (Å²) < 4.78 is 0. The van der Waals surface area contributed by atoms with E-state index in [9.17, 15) is 9.59 Å². The molecule has 5 heteroatoms. The minimum atomic E-state index is -1.04. The van der Waals surface area contributed by atoms with Gasteiger partial charge in [-0.25, -0.2) is 4.79 Å². The van der Waals surface area contributed by atoms with E-state index in [1.807, 2.05) is 49.4 Å². The smallest absolute Gasteiger partial charge is 0.404 e. The molecule has 5 nitrogen and oxygen atoms in total. The largest absolute Gasteiger partial charge is 0.465 e. The molecule has 0 fully saturated rings. The fourth-order valence-electron chi connectivity index (χ4n) is 2.10. The number of carbonyl (C=O) groups is 2. The van der Waals surface area contributed by atoms with E-state index >= 15 is 0 Å². The Kier molecular flexibility index (Phi) is 5.14. The van der Waals surface area contributed by atoms with Crippen LogP contribution in [0.1, 0.15) is 22.8 Å². The Labute approximate surface area is 129 Å².